The van der Waals surface area contributed by atoms with Gasteiger partial charge in [-0.1, -0.05) is 6.07 Å². The quantitative estimate of drug-likeness (QED) is 0.702. The van der Waals surface area contributed by atoms with Gasteiger partial charge in [-0.25, -0.2) is 9.48 Å². The molecule has 1 aromatic heterocycles. The Morgan fingerprint density at radius 3 is 2.44 bits per heavy atom. The van der Waals surface area contributed by atoms with E-state index in [1.54, 1.807) is 42.1 Å². The zero-order chi connectivity index (χ0) is 19.4. The van der Waals surface area contributed by atoms with Gasteiger partial charge < -0.3 is 14.8 Å². The zero-order valence-corrected chi connectivity index (χ0v) is 15.2. The molecule has 1 N–H and O–H groups in total. The van der Waals surface area contributed by atoms with Gasteiger partial charge in [0.2, 0.25) is 0 Å². The molecule has 0 bridgehead atoms. The van der Waals surface area contributed by atoms with E-state index in [1.807, 2.05) is 31.2 Å². The first-order valence-corrected chi connectivity index (χ1v) is 8.22. The second-order valence-electron chi connectivity index (χ2n) is 5.81. The summed E-state index contributed by atoms with van der Waals surface area (Å²) in [5.41, 5.74) is 2.87. The number of benzene rings is 2. The monoisotopic (exact) mass is 365 g/mol. The van der Waals surface area contributed by atoms with Crippen molar-refractivity contribution in [2.24, 2.45) is 0 Å². The fraction of sp³-hybridized carbons (Fsp3) is 0.150. The van der Waals surface area contributed by atoms with Gasteiger partial charge in [-0.2, -0.15) is 5.10 Å². The first-order valence-electron chi connectivity index (χ1n) is 8.22. The van der Waals surface area contributed by atoms with E-state index in [4.69, 9.17) is 4.74 Å². The number of aromatic nitrogens is 2. The highest BCUT2D eigenvalue weighted by molar-refractivity contribution is 6.03. The first-order chi connectivity index (χ1) is 13.0. The van der Waals surface area contributed by atoms with Crippen molar-refractivity contribution in [3.8, 4) is 11.4 Å². The summed E-state index contributed by atoms with van der Waals surface area (Å²) in [5.74, 6) is -0.0646. The molecule has 0 saturated heterocycles. The number of carbonyl (C=O) groups excluding carboxylic acids is 2. The average molecular weight is 365 g/mol. The van der Waals surface area contributed by atoms with Crippen molar-refractivity contribution < 1.29 is 19.1 Å². The van der Waals surface area contributed by atoms with Gasteiger partial charge in [-0.05, 0) is 49.4 Å². The normalized spacial score (nSPS) is 10.3. The van der Waals surface area contributed by atoms with E-state index in [2.05, 4.69) is 15.2 Å². The zero-order valence-electron chi connectivity index (χ0n) is 15.2. The number of esters is 1. The third-order valence-electron chi connectivity index (χ3n) is 3.98. The number of nitrogens with zero attached hydrogens (tertiary/aromatic N) is 2. The first kappa shape index (κ1) is 18.2. The summed E-state index contributed by atoms with van der Waals surface area (Å²) in [4.78, 5) is 24.0. The maximum Gasteiger partial charge on any atom is 0.337 e. The number of methoxy groups -OCH3 is 2. The predicted molar refractivity (Wildman–Crippen MR) is 101 cm³/mol. The van der Waals surface area contributed by atoms with Gasteiger partial charge in [-0.15, -0.1) is 0 Å². The molecule has 3 rings (SSSR count). The molecule has 7 nitrogen and oxygen atoms in total. The number of hydrogen-bond donors (Lipinski definition) is 1. The molecule has 1 amide bonds. The summed E-state index contributed by atoms with van der Waals surface area (Å²) in [6, 6.07) is 15.6. The third kappa shape index (κ3) is 3.98. The Balaban J connectivity index is 1.78. The number of aryl methyl sites for hydroxylation is 1. The second-order valence-corrected chi connectivity index (χ2v) is 5.81. The van der Waals surface area contributed by atoms with Gasteiger partial charge in [0.05, 0.1) is 25.5 Å². The SMILES string of the molecule is COC(=O)c1ccc(NC(=O)c2cc(C)n(-c3cccc(OC)c3)n2)cc1. The summed E-state index contributed by atoms with van der Waals surface area (Å²) in [5, 5.41) is 7.15. The van der Waals surface area contributed by atoms with Gasteiger partial charge in [0.1, 0.15) is 5.75 Å². The van der Waals surface area contributed by atoms with Gasteiger partial charge in [-0.3, -0.25) is 4.79 Å². The molecule has 3 aromatic rings. The van der Waals surface area contributed by atoms with Gasteiger partial charge >= 0.3 is 5.97 Å². The van der Waals surface area contributed by atoms with Crippen LogP contribution < -0.4 is 10.1 Å². The van der Waals surface area contributed by atoms with Crippen LogP contribution in [0.4, 0.5) is 5.69 Å². The van der Waals surface area contributed by atoms with Crippen molar-refractivity contribution in [1.29, 1.82) is 0 Å². The number of nitrogens with one attached hydrogen (secondary N) is 1. The van der Waals surface area contributed by atoms with Crippen LogP contribution in [0.3, 0.4) is 0 Å². The largest absolute Gasteiger partial charge is 0.497 e. The lowest BCUT2D eigenvalue weighted by molar-refractivity contribution is 0.0600. The lowest BCUT2D eigenvalue weighted by Crippen LogP contribution is -2.13. The van der Waals surface area contributed by atoms with Crippen LogP contribution in [0.15, 0.2) is 54.6 Å². The maximum atomic E-state index is 12.5. The summed E-state index contributed by atoms with van der Waals surface area (Å²) in [6.45, 7) is 1.87. The standard InChI is InChI=1S/C20H19N3O4/c1-13-11-18(22-23(13)16-5-4-6-17(12-16)26-2)19(24)21-15-9-7-14(8-10-15)20(25)27-3/h4-12H,1-3H3,(H,21,24). The van der Waals surface area contributed by atoms with Crippen molar-refractivity contribution in [2.75, 3.05) is 19.5 Å². The fourth-order valence-electron chi connectivity index (χ4n) is 2.59. The minimum Gasteiger partial charge on any atom is -0.497 e. The molecule has 0 saturated carbocycles. The molecular weight excluding hydrogens is 346 g/mol. The van der Waals surface area contributed by atoms with Gasteiger partial charge in [0, 0.05) is 17.4 Å². The lowest BCUT2D eigenvalue weighted by atomic mass is 10.2. The number of hydrogen-bond acceptors (Lipinski definition) is 5. The van der Waals surface area contributed by atoms with E-state index in [-0.39, 0.29) is 11.6 Å². The Hall–Kier alpha value is -3.61. The van der Waals surface area contributed by atoms with Gasteiger partial charge in [0.15, 0.2) is 5.69 Å². The van der Waals surface area contributed by atoms with Crippen LogP contribution in [0.1, 0.15) is 26.5 Å². The van der Waals surface area contributed by atoms with E-state index in [1.165, 1.54) is 7.11 Å². The lowest BCUT2D eigenvalue weighted by Gasteiger charge is -2.06. The number of rotatable bonds is 5. The second kappa shape index (κ2) is 7.74. The molecule has 27 heavy (non-hydrogen) atoms. The molecule has 7 heteroatoms. The highest BCUT2D eigenvalue weighted by atomic mass is 16.5. The summed E-state index contributed by atoms with van der Waals surface area (Å²) in [6.07, 6.45) is 0. The molecule has 0 aliphatic heterocycles. The van der Waals surface area contributed by atoms with E-state index >= 15 is 0 Å². The number of amides is 1. The van der Waals surface area contributed by atoms with Crippen LogP contribution in [0.25, 0.3) is 5.69 Å². The van der Waals surface area contributed by atoms with Crippen molar-refractivity contribution in [1.82, 2.24) is 9.78 Å². The van der Waals surface area contributed by atoms with Crippen molar-refractivity contribution >= 4 is 17.6 Å². The third-order valence-corrected chi connectivity index (χ3v) is 3.98. The molecule has 0 unspecified atom stereocenters. The minimum absolute atomic E-state index is 0.285. The van der Waals surface area contributed by atoms with E-state index in [0.29, 0.717) is 17.0 Å². The Morgan fingerprint density at radius 1 is 1.04 bits per heavy atom. The van der Waals surface area contributed by atoms with E-state index in [9.17, 15) is 9.59 Å². The van der Waals surface area contributed by atoms with Crippen LogP contribution in [0.5, 0.6) is 5.75 Å². The molecule has 2 aromatic carbocycles. The molecule has 0 spiro atoms. The number of carbonyl (C=O) groups is 2. The van der Waals surface area contributed by atoms with Crippen molar-refractivity contribution in [2.45, 2.75) is 6.92 Å². The van der Waals surface area contributed by atoms with E-state index < -0.39 is 5.97 Å². The van der Waals surface area contributed by atoms with Crippen LogP contribution >= 0.6 is 0 Å². The maximum absolute atomic E-state index is 12.5. The molecule has 0 atom stereocenters. The number of ether oxygens (including phenoxy) is 2. The molecule has 1 heterocycles. The molecule has 0 radical (unpaired) electrons. The Bertz CT molecular complexity index is 977. The summed E-state index contributed by atoms with van der Waals surface area (Å²) < 4.78 is 11.6. The molecule has 0 aliphatic carbocycles. The Labute approximate surface area is 156 Å². The summed E-state index contributed by atoms with van der Waals surface area (Å²) >= 11 is 0. The molecule has 138 valence electrons. The predicted octanol–water partition coefficient (Wildman–Crippen LogP) is 3.23. The van der Waals surface area contributed by atoms with Crippen molar-refractivity contribution in [3.63, 3.8) is 0 Å². The average Bonchev–Trinajstić information content (AvgIpc) is 3.10. The highest BCUT2D eigenvalue weighted by Gasteiger charge is 2.14. The molecule has 0 aliphatic rings. The van der Waals surface area contributed by atoms with Gasteiger partial charge in [0.25, 0.3) is 5.91 Å². The van der Waals surface area contributed by atoms with Crippen molar-refractivity contribution in [3.05, 3.63) is 71.5 Å². The van der Waals surface area contributed by atoms with E-state index in [0.717, 1.165) is 11.4 Å². The minimum atomic E-state index is -0.430. The topological polar surface area (TPSA) is 82.5 Å². The van der Waals surface area contributed by atoms with Crippen LogP contribution in [-0.2, 0) is 4.74 Å². The van der Waals surface area contributed by atoms with Crippen LogP contribution in [-0.4, -0.2) is 35.9 Å². The number of anilines is 1. The summed E-state index contributed by atoms with van der Waals surface area (Å²) in [7, 11) is 2.92. The fourth-order valence-corrected chi connectivity index (χ4v) is 2.59. The Kier molecular flexibility index (Phi) is 5.21. The highest BCUT2D eigenvalue weighted by Crippen LogP contribution is 2.19. The van der Waals surface area contributed by atoms with Crippen LogP contribution in [0, 0.1) is 6.92 Å². The molecule has 0 fully saturated rings. The smallest absolute Gasteiger partial charge is 0.337 e. The van der Waals surface area contributed by atoms with Crippen LogP contribution in [0.2, 0.25) is 0 Å². The molecular formula is C20H19N3O4. The Morgan fingerprint density at radius 2 is 1.78 bits per heavy atom.